The first-order valence-corrected chi connectivity index (χ1v) is 5.37. The van der Waals surface area contributed by atoms with E-state index in [9.17, 15) is 0 Å². The predicted molar refractivity (Wildman–Crippen MR) is 57.7 cm³/mol. The van der Waals surface area contributed by atoms with E-state index in [1.54, 1.807) is 11.3 Å². The third-order valence-corrected chi connectivity index (χ3v) is 3.42. The summed E-state index contributed by atoms with van der Waals surface area (Å²) in [5, 5.41) is 2.09. The summed E-state index contributed by atoms with van der Waals surface area (Å²) < 4.78 is 2.84. The fraction of sp³-hybridized carbons (Fsp3) is 0.222. The summed E-state index contributed by atoms with van der Waals surface area (Å²) in [6.45, 7) is 2.15. The molecule has 0 saturated heterocycles. The predicted octanol–water partition coefficient (Wildman–Crippen LogP) is 3.22. The number of nitrogens with one attached hydrogen (secondary N) is 1. The quantitative estimate of drug-likeness (QED) is 0.755. The van der Waals surface area contributed by atoms with Crippen LogP contribution in [0.3, 0.4) is 0 Å². The average Bonchev–Trinajstić information content (AvgIpc) is 2.72. The molecule has 0 spiro atoms. The largest absolute Gasteiger partial charge is 0.337 e. The molecule has 0 saturated carbocycles. The SMILES string of the molecule is CC(c1cccs1)n1cc[nH]c1=S. The monoisotopic (exact) mass is 210 g/mol. The maximum Gasteiger partial charge on any atom is 0.177 e. The summed E-state index contributed by atoms with van der Waals surface area (Å²) in [5.41, 5.74) is 0. The lowest BCUT2D eigenvalue weighted by atomic mass is 10.3. The molecule has 68 valence electrons. The first-order chi connectivity index (χ1) is 6.29. The molecule has 0 radical (unpaired) electrons. The van der Waals surface area contributed by atoms with E-state index in [-0.39, 0.29) is 0 Å². The van der Waals surface area contributed by atoms with Gasteiger partial charge in [0.15, 0.2) is 4.77 Å². The molecule has 2 nitrogen and oxygen atoms in total. The second-order valence-corrected chi connectivity index (χ2v) is 4.23. The van der Waals surface area contributed by atoms with Gasteiger partial charge in [0.2, 0.25) is 0 Å². The van der Waals surface area contributed by atoms with Crippen molar-refractivity contribution in [2.45, 2.75) is 13.0 Å². The third-order valence-electron chi connectivity index (χ3n) is 2.05. The normalized spacial score (nSPS) is 13.0. The number of imidazole rings is 1. The second kappa shape index (κ2) is 3.47. The average molecular weight is 210 g/mol. The number of thiophene rings is 1. The maximum atomic E-state index is 5.15. The molecule has 13 heavy (non-hydrogen) atoms. The van der Waals surface area contributed by atoms with Gasteiger partial charge in [-0.2, -0.15) is 0 Å². The van der Waals surface area contributed by atoms with Crippen LogP contribution in [0.25, 0.3) is 0 Å². The van der Waals surface area contributed by atoms with Gasteiger partial charge in [0.25, 0.3) is 0 Å². The molecule has 4 heteroatoms. The smallest absolute Gasteiger partial charge is 0.177 e. The summed E-state index contributed by atoms with van der Waals surface area (Å²) in [5.74, 6) is 0. The van der Waals surface area contributed by atoms with Crippen molar-refractivity contribution in [1.29, 1.82) is 0 Å². The number of hydrogen-bond acceptors (Lipinski definition) is 2. The Bertz CT molecular complexity index is 424. The molecule has 2 rings (SSSR count). The molecule has 0 fully saturated rings. The highest BCUT2D eigenvalue weighted by atomic mass is 32.1. The third kappa shape index (κ3) is 1.59. The van der Waals surface area contributed by atoms with E-state index in [1.165, 1.54) is 4.88 Å². The molecule has 1 N–H and O–H groups in total. The van der Waals surface area contributed by atoms with E-state index < -0.39 is 0 Å². The van der Waals surface area contributed by atoms with Gasteiger partial charge >= 0.3 is 0 Å². The van der Waals surface area contributed by atoms with Crippen LogP contribution in [0.15, 0.2) is 29.9 Å². The zero-order chi connectivity index (χ0) is 9.26. The molecule has 0 aliphatic carbocycles. The molecular weight excluding hydrogens is 200 g/mol. The van der Waals surface area contributed by atoms with Gasteiger partial charge < -0.3 is 9.55 Å². The van der Waals surface area contributed by atoms with Gasteiger partial charge in [0.1, 0.15) is 0 Å². The molecule has 0 aliphatic heterocycles. The van der Waals surface area contributed by atoms with Crippen molar-refractivity contribution >= 4 is 23.6 Å². The number of aromatic amines is 1. The molecule has 1 unspecified atom stereocenters. The van der Waals surface area contributed by atoms with Gasteiger partial charge in [0, 0.05) is 17.3 Å². The minimum atomic E-state index is 0.332. The Morgan fingerprint density at radius 1 is 1.62 bits per heavy atom. The van der Waals surface area contributed by atoms with Crippen molar-refractivity contribution in [3.63, 3.8) is 0 Å². The highest BCUT2D eigenvalue weighted by Gasteiger charge is 2.08. The Hall–Kier alpha value is -0.870. The first kappa shape index (κ1) is 8.72. The maximum absolute atomic E-state index is 5.15. The van der Waals surface area contributed by atoms with Crippen LogP contribution in [0.5, 0.6) is 0 Å². The van der Waals surface area contributed by atoms with Crippen LogP contribution in [0.2, 0.25) is 0 Å². The fourth-order valence-corrected chi connectivity index (χ4v) is 2.37. The van der Waals surface area contributed by atoms with Crippen LogP contribution in [0.1, 0.15) is 17.8 Å². The standard InChI is InChI=1S/C9H10N2S2/c1-7(8-3-2-6-13-8)11-5-4-10-9(11)12/h2-7H,1H3,(H,10,12). The molecule has 0 aliphatic rings. The summed E-state index contributed by atoms with van der Waals surface area (Å²) in [4.78, 5) is 4.32. The Kier molecular flexibility index (Phi) is 2.33. The number of hydrogen-bond donors (Lipinski definition) is 1. The van der Waals surface area contributed by atoms with Crippen LogP contribution in [-0.4, -0.2) is 9.55 Å². The fourth-order valence-electron chi connectivity index (χ4n) is 1.30. The van der Waals surface area contributed by atoms with Crippen LogP contribution in [0, 0.1) is 4.77 Å². The minimum absolute atomic E-state index is 0.332. The lowest BCUT2D eigenvalue weighted by molar-refractivity contribution is 0.641. The zero-order valence-electron chi connectivity index (χ0n) is 7.23. The van der Waals surface area contributed by atoms with E-state index >= 15 is 0 Å². The van der Waals surface area contributed by atoms with Gasteiger partial charge in [-0.1, -0.05) is 6.07 Å². The number of rotatable bonds is 2. The van der Waals surface area contributed by atoms with E-state index in [0.29, 0.717) is 6.04 Å². The Morgan fingerprint density at radius 3 is 3.00 bits per heavy atom. The van der Waals surface area contributed by atoms with Crippen molar-refractivity contribution in [2.75, 3.05) is 0 Å². The van der Waals surface area contributed by atoms with Gasteiger partial charge in [0.05, 0.1) is 6.04 Å². The summed E-state index contributed by atoms with van der Waals surface area (Å²) in [6, 6.07) is 4.52. The minimum Gasteiger partial charge on any atom is -0.337 e. The van der Waals surface area contributed by atoms with Crippen molar-refractivity contribution in [3.05, 3.63) is 39.6 Å². The second-order valence-electron chi connectivity index (χ2n) is 2.86. The van der Waals surface area contributed by atoms with Crippen LogP contribution >= 0.6 is 23.6 Å². The summed E-state index contributed by atoms with van der Waals surface area (Å²) >= 11 is 6.90. The molecule has 0 aromatic carbocycles. The van der Waals surface area contributed by atoms with Crippen molar-refractivity contribution < 1.29 is 0 Å². The summed E-state index contributed by atoms with van der Waals surface area (Å²) in [6.07, 6.45) is 3.85. The lowest BCUT2D eigenvalue weighted by Gasteiger charge is -2.10. The molecule has 0 bridgehead atoms. The van der Waals surface area contributed by atoms with Crippen molar-refractivity contribution in [2.24, 2.45) is 0 Å². The number of H-pyrrole nitrogens is 1. The number of nitrogens with zero attached hydrogens (tertiary/aromatic N) is 1. The molecule has 1 atom stereocenters. The summed E-state index contributed by atoms with van der Waals surface area (Å²) in [7, 11) is 0. The van der Waals surface area contributed by atoms with E-state index in [2.05, 4.69) is 34.0 Å². The Balaban J connectivity index is 2.39. The van der Waals surface area contributed by atoms with Crippen LogP contribution < -0.4 is 0 Å². The molecule has 2 aromatic heterocycles. The number of aromatic nitrogens is 2. The van der Waals surface area contributed by atoms with Gasteiger partial charge in [-0.25, -0.2) is 0 Å². The molecule has 0 amide bonds. The first-order valence-electron chi connectivity index (χ1n) is 4.08. The highest BCUT2D eigenvalue weighted by molar-refractivity contribution is 7.71. The molecule has 2 aromatic rings. The highest BCUT2D eigenvalue weighted by Crippen LogP contribution is 2.22. The van der Waals surface area contributed by atoms with Gasteiger partial charge in [-0.05, 0) is 30.6 Å². The van der Waals surface area contributed by atoms with E-state index in [4.69, 9.17) is 12.2 Å². The molecule has 2 heterocycles. The van der Waals surface area contributed by atoms with Gasteiger partial charge in [-0.15, -0.1) is 11.3 Å². The van der Waals surface area contributed by atoms with Crippen molar-refractivity contribution in [1.82, 2.24) is 9.55 Å². The topological polar surface area (TPSA) is 20.7 Å². The van der Waals surface area contributed by atoms with Gasteiger partial charge in [-0.3, -0.25) is 0 Å². The van der Waals surface area contributed by atoms with E-state index in [0.717, 1.165) is 4.77 Å². The van der Waals surface area contributed by atoms with Crippen molar-refractivity contribution in [3.8, 4) is 0 Å². The Morgan fingerprint density at radius 2 is 2.46 bits per heavy atom. The van der Waals surface area contributed by atoms with E-state index in [1.807, 2.05) is 12.4 Å². The Labute approximate surface area is 85.9 Å². The zero-order valence-corrected chi connectivity index (χ0v) is 8.86. The lowest BCUT2D eigenvalue weighted by Crippen LogP contribution is -2.03. The molecular formula is C9H10N2S2. The van der Waals surface area contributed by atoms with Crippen LogP contribution in [-0.2, 0) is 0 Å². The van der Waals surface area contributed by atoms with Crippen LogP contribution in [0.4, 0.5) is 0 Å².